The van der Waals surface area contributed by atoms with E-state index in [0.29, 0.717) is 18.1 Å². The molecule has 1 aliphatic heterocycles. The van der Waals surface area contributed by atoms with Gasteiger partial charge in [-0.1, -0.05) is 11.2 Å². The van der Waals surface area contributed by atoms with E-state index in [-0.39, 0.29) is 30.0 Å². The van der Waals surface area contributed by atoms with Crippen molar-refractivity contribution in [2.45, 2.75) is 58.8 Å². The summed E-state index contributed by atoms with van der Waals surface area (Å²) in [6.45, 7) is 8.63. The number of ether oxygens (including phenoxy) is 2. The van der Waals surface area contributed by atoms with Crippen LogP contribution in [0.15, 0.2) is 47.0 Å². The Morgan fingerprint density at radius 1 is 1.39 bits per heavy atom. The third-order valence-corrected chi connectivity index (χ3v) is 5.10. The van der Waals surface area contributed by atoms with Crippen molar-refractivity contribution in [3.63, 3.8) is 0 Å². The fraction of sp³-hybridized carbons (Fsp3) is 0.435. The molecule has 0 radical (unpaired) electrons. The van der Waals surface area contributed by atoms with Gasteiger partial charge in [-0.15, -0.1) is 0 Å². The summed E-state index contributed by atoms with van der Waals surface area (Å²) in [4.78, 5) is 16.4. The normalized spacial score (nSPS) is 18.8. The van der Waals surface area contributed by atoms with E-state index in [1.54, 1.807) is 18.3 Å². The molecule has 8 nitrogen and oxygen atoms in total. The number of carbonyl (C=O) groups excluding carboxylic acids is 1. The summed E-state index contributed by atoms with van der Waals surface area (Å²) in [5.41, 5.74) is 8.95. The van der Waals surface area contributed by atoms with E-state index in [2.05, 4.69) is 15.5 Å². The van der Waals surface area contributed by atoms with E-state index in [1.165, 1.54) is 6.08 Å². The molecule has 2 aromatic heterocycles. The topological polar surface area (TPSA) is 112 Å². The van der Waals surface area contributed by atoms with E-state index >= 15 is 0 Å². The molecule has 166 valence electrons. The second-order valence-corrected chi connectivity index (χ2v) is 8.28. The lowest BCUT2D eigenvalue weighted by atomic mass is 9.94. The maximum absolute atomic E-state index is 12.1. The van der Waals surface area contributed by atoms with Crippen molar-refractivity contribution in [2.24, 2.45) is 5.73 Å². The SMILES string of the molecule is Cc1ccc(-c2noc(C)c2CO/C(N)=C/C=C/C(=O)NC2CCOC(C)(C)C2)cn1. The van der Waals surface area contributed by atoms with Crippen LogP contribution in [-0.4, -0.2) is 34.3 Å². The van der Waals surface area contributed by atoms with Crippen molar-refractivity contribution in [3.8, 4) is 11.3 Å². The predicted molar refractivity (Wildman–Crippen MR) is 117 cm³/mol. The largest absolute Gasteiger partial charge is 0.474 e. The molecular weight excluding hydrogens is 396 g/mol. The van der Waals surface area contributed by atoms with Crippen LogP contribution in [0.4, 0.5) is 0 Å². The zero-order valence-electron chi connectivity index (χ0n) is 18.5. The Labute approximate surface area is 182 Å². The lowest BCUT2D eigenvalue weighted by molar-refractivity contribution is -0.119. The molecule has 1 atom stereocenters. The van der Waals surface area contributed by atoms with Gasteiger partial charge in [0, 0.05) is 36.2 Å². The molecule has 2 aromatic rings. The van der Waals surface area contributed by atoms with Crippen LogP contribution in [-0.2, 0) is 20.9 Å². The lowest BCUT2D eigenvalue weighted by Gasteiger charge is -2.35. The number of aryl methyl sites for hydroxylation is 2. The molecule has 31 heavy (non-hydrogen) atoms. The number of nitrogens with zero attached hydrogens (tertiary/aromatic N) is 2. The van der Waals surface area contributed by atoms with Gasteiger partial charge < -0.3 is 25.0 Å². The minimum atomic E-state index is -0.217. The standard InChI is InChI=1S/C23H30N4O4/c1-15-8-9-17(13-25-15)22-19(16(2)31-27-22)14-29-20(24)6-5-7-21(28)26-18-10-11-30-23(3,4)12-18/h5-9,13,18H,10-12,14,24H2,1-4H3,(H,26,28)/b7-5+,20-6+. The fourth-order valence-corrected chi connectivity index (χ4v) is 3.43. The molecular formula is C23H30N4O4. The number of hydrogen-bond acceptors (Lipinski definition) is 7. The molecule has 3 rings (SSSR count). The van der Waals surface area contributed by atoms with Crippen LogP contribution in [0.2, 0.25) is 0 Å². The van der Waals surface area contributed by atoms with Crippen LogP contribution in [0.1, 0.15) is 43.7 Å². The Hall–Kier alpha value is -3.13. The zero-order valence-corrected chi connectivity index (χ0v) is 18.5. The van der Waals surface area contributed by atoms with E-state index in [9.17, 15) is 4.79 Å². The van der Waals surface area contributed by atoms with E-state index in [4.69, 9.17) is 19.7 Å². The molecule has 0 spiro atoms. The first-order valence-corrected chi connectivity index (χ1v) is 10.3. The number of carbonyl (C=O) groups is 1. The van der Waals surface area contributed by atoms with Gasteiger partial charge >= 0.3 is 0 Å². The zero-order chi connectivity index (χ0) is 22.4. The van der Waals surface area contributed by atoms with Gasteiger partial charge in [-0.2, -0.15) is 0 Å². The number of pyridine rings is 1. The number of hydrogen-bond donors (Lipinski definition) is 2. The van der Waals surface area contributed by atoms with E-state index in [1.807, 2.05) is 39.8 Å². The molecule has 1 saturated heterocycles. The summed E-state index contributed by atoms with van der Waals surface area (Å²) >= 11 is 0. The molecule has 1 fully saturated rings. The van der Waals surface area contributed by atoms with Crippen molar-refractivity contribution >= 4 is 5.91 Å². The van der Waals surface area contributed by atoms with Crippen LogP contribution >= 0.6 is 0 Å². The first-order valence-electron chi connectivity index (χ1n) is 10.3. The molecule has 3 N–H and O–H groups in total. The molecule has 0 bridgehead atoms. The van der Waals surface area contributed by atoms with Gasteiger partial charge in [-0.25, -0.2) is 0 Å². The Kier molecular flexibility index (Phi) is 7.12. The number of aromatic nitrogens is 2. The van der Waals surface area contributed by atoms with Gasteiger partial charge in [-0.05, 0) is 58.7 Å². The Morgan fingerprint density at radius 3 is 2.90 bits per heavy atom. The van der Waals surface area contributed by atoms with Crippen LogP contribution in [0, 0.1) is 13.8 Å². The van der Waals surface area contributed by atoms with Crippen LogP contribution in [0.25, 0.3) is 11.3 Å². The molecule has 1 aliphatic rings. The summed E-state index contributed by atoms with van der Waals surface area (Å²) in [6.07, 6.45) is 7.89. The van der Waals surface area contributed by atoms with E-state index < -0.39 is 0 Å². The van der Waals surface area contributed by atoms with Gasteiger partial charge in [0.1, 0.15) is 18.1 Å². The molecule has 0 saturated carbocycles. The third kappa shape index (κ3) is 6.42. The maximum Gasteiger partial charge on any atom is 0.244 e. The quantitative estimate of drug-likeness (QED) is 0.397. The Bertz CT molecular complexity index is 960. The van der Waals surface area contributed by atoms with Crippen LogP contribution in [0.3, 0.4) is 0 Å². The smallest absolute Gasteiger partial charge is 0.244 e. The highest BCUT2D eigenvalue weighted by molar-refractivity contribution is 5.88. The molecule has 1 unspecified atom stereocenters. The summed E-state index contributed by atoms with van der Waals surface area (Å²) in [6, 6.07) is 3.95. The van der Waals surface area contributed by atoms with Gasteiger partial charge in [0.05, 0.1) is 11.2 Å². The van der Waals surface area contributed by atoms with Gasteiger partial charge in [-0.3, -0.25) is 9.78 Å². The molecule has 3 heterocycles. The Morgan fingerprint density at radius 2 is 2.19 bits per heavy atom. The first kappa shape index (κ1) is 22.6. The minimum absolute atomic E-state index is 0.102. The second-order valence-electron chi connectivity index (χ2n) is 8.28. The number of amides is 1. The summed E-state index contributed by atoms with van der Waals surface area (Å²) in [5.74, 6) is 0.665. The van der Waals surface area contributed by atoms with Crippen molar-refractivity contribution in [1.82, 2.24) is 15.5 Å². The van der Waals surface area contributed by atoms with Crippen molar-refractivity contribution in [3.05, 3.63) is 59.5 Å². The van der Waals surface area contributed by atoms with Crippen molar-refractivity contribution in [2.75, 3.05) is 6.61 Å². The third-order valence-electron chi connectivity index (χ3n) is 5.10. The lowest BCUT2D eigenvalue weighted by Crippen LogP contribution is -2.45. The maximum atomic E-state index is 12.1. The number of rotatable bonds is 7. The predicted octanol–water partition coefficient (Wildman–Crippen LogP) is 3.30. The summed E-state index contributed by atoms with van der Waals surface area (Å²) in [5, 5.41) is 7.11. The monoisotopic (exact) mass is 426 g/mol. The highest BCUT2D eigenvalue weighted by atomic mass is 16.5. The van der Waals surface area contributed by atoms with Crippen molar-refractivity contribution in [1.29, 1.82) is 0 Å². The molecule has 8 heteroatoms. The van der Waals surface area contributed by atoms with Gasteiger partial charge in [0.2, 0.25) is 5.91 Å². The fourth-order valence-electron chi connectivity index (χ4n) is 3.43. The summed E-state index contributed by atoms with van der Waals surface area (Å²) in [7, 11) is 0. The minimum Gasteiger partial charge on any atom is -0.474 e. The average Bonchev–Trinajstić information content (AvgIpc) is 3.06. The highest BCUT2D eigenvalue weighted by Crippen LogP contribution is 2.26. The van der Waals surface area contributed by atoms with Crippen LogP contribution in [0.5, 0.6) is 0 Å². The highest BCUT2D eigenvalue weighted by Gasteiger charge is 2.29. The summed E-state index contributed by atoms with van der Waals surface area (Å²) < 4.78 is 16.6. The average molecular weight is 427 g/mol. The van der Waals surface area contributed by atoms with Gasteiger partial charge in [0.25, 0.3) is 0 Å². The van der Waals surface area contributed by atoms with Crippen LogP contribution < -0.4 is 11.1 Å². The Balaban J connectivity index is 1.54. The molecule has 0 aromatic carbocycles. The second kappa shape index (κ2) is 9.78. The number of nitrogens with one attached hydrogen (secondary N) is 1. The molecule has 1 amide bonds. The number of allylic oxidation sites excluding steroid dienone is 2. The van der Waals surface area contributed by atoms with E-state index in [0.717, 1.165) is 29.7 Å². The van der Waals surface area contributed by atoms with Crippen molar-refractivity contribution < 1.29 is 18.8 Å². The first-order chi connectivity index (χ1) is 14.7. The van der Waals surface area contributed by atoms with Gasteiger partial charge in [0.15, 0.2) is 5.88 Å². The molecule has 0 aliphatic carbocycles. The number of nitrogens with two attached hydrogens (primary N) is 1.